The van der Waals surface area contributed by atoms with Crippen LogP contribution in [0.2, 0.25) is 0 Å². The van der Waals surface area contributed by atoms with Gasteiger partial charge < -0.3 is 11.1 Å². The SMILES string of the molecule is CC(=S)Nc1ccc2c(c1)CC(N)=N2. The van der Waals surface area contributed by atoms with Crippen LogP contribution >= 0.6 is 12.2 Å². The molecule has 0 spiro atoms. The minimum atomic E-state index is 0.677. The van der Waals surface area contributed by atoms with Gasteiger partial charge in [0.2, 0.25) is 0 Å². The van der Waals surface area contributed by atoms with Crippen molar-refractivity contribution in [2.75, 3.05) is 5.32 Å². The standard InChI is InChI=1S/C10H11N3S/c1-6(14)12-8-2-3-9-7(4-8)5-10(11)13-9/h2-4H,5H2,1H3,(H2,11,13)(H,12,14). The van der Waals surface area contributed by atoms with Crippen molar-refractivity contribution < 1.29 is 0 Å². The Balaban J connectivity index is 2.28. The van der Waals surface area contributed by atoms with Crippen molar-refractivity contribution in [1.82, 2.24) is 0 Å². The number of fused-ring (bicyclic) bond motifs is 1. The van der Waals surface area contributed by atoms with E-state index in [4.69, 9.17) is 18.0 Å². The first-order chi connectivity index (χ1) is 6.65. The Morgan fingerprint density at radius 2 is 2.36 bits per heavy atom. The molecule has 1 aromatic carbocycles. The predicted molar refractivity (Wildman–Crippen MR) is 63.3 cm³/mol. The zero-order valence-corrected chi connectivity index (χ0v) is 8.69. The van der Waals surface area contributed by atoms with Crippen LogP contribution < -0.4 is 11.1 Å². The lowest BCUT2D eigenvalue weighted by molar-refractivity contribution is 1.37. The first-order valence-electron chi connectivity index (χ1n) is 4.39. The lowest BCUT2D eigenvalue weighted by Crippen LogP contribution is -2.10. The maximum atomic E-state index is 5.64. The average molecular weight is 205 g/mol. The maximum Gasteiger partial charge on any atom is 0.104 e. The van der Waals surface area contributed by atoms with Crippen LogP contribution in [0.4, 0.5) is 11.4 Å². The number of rotatable bonds is 1. The van der Waals surface area contributed by atoms with E-state index in [0.717, 1.165) is 28.3 Å². The largest absolute Gasteiger partial charge is 0.387 e. The fourth-order valence-corrected chi connectivity index (χ4v) is 1.62. The van der Waals surface area contributed by atoms with Crippen molar-refractivity contribution >= 4 is 34.4 Å². The third kappa shape index (κ3) is 1.75. The van der Waals surface area contributed by atoms with Gasteiger partial charge in [-0.1, -0.05) is 12.2 Å². The zero-order chi connectivity index (χ0) is 10.1. The molecule has 0 fully saturated rings. The van der Waals surface area contributed by atoms with Crippen molar-refractivity contribution in [3.05, 3.63) is 23.8 Å². The Kier molecular flexibility index (Phi) is 2.21. The molecule has 1 aromatic rings. The molecular weight excluding hydrogens is 194 g/mol. The highest BCUT2D eigenvalue weighted by Crippen LogP contribution is 2.28. The topological polar surface area (TPSA) is 50.4 Å². The van der Waals surface area contributed by atoms with Crippen LogP contribution in [0.1, 0.15) is 12.5 Å². The van der Waals surface area contributed by atoms with Crippen LogP contribution in [-0.2, 0) is 6.42 Å². The minimum absolute atomic E-state index is 0.677. The van der Waals surface area contributed by atoms with Gasteiger partial charge in [-0.05, 0) is 30.7 Å². The molecule has 72 valence electrons. The molecular formula is C10H11N3S. The van der Waals surface area contributed by atoms with E-state index in [1.54, 1.807) is 0 Å². The highest BCUT2D eigenvalue weighted by molar-refractivity contribution is 7.80. The normalized spacial score (nSPS) is 13.4. The summed E-state index contributed by atoms with van der Waals surface area (Å²) in [5.41, 5.74) is 8.77. The van der Waals surface area contributed by atoms with Crippen LogP contribution in [0, 0.1) is 0 Å². The lowest BCUT2D eigenvalue weighted by Gasteiger charge is -2.05. The van der Waals surface area contributed by atoms with Crippen molar-refractivity contribution in [3.63, 3.8) is 0 Å². The van der Waals surface area contributed by atoms with Gasteiger partial charge in [0.15, 0.2) is 0 Å². The molecule has 0 saturated heterocycles. The number of thiocarbonyl (C=S) groups is 1. The van der Waals surface area contributed by atoms with Crippen LogP contribution in [-0.4, -0.2) is 10.8 Å². The Bertz CT molecular complexity index is 423. The summed E-state index contributed by atoms with van der Waals surface area (Å²) in [4.78, 5) is 4.97. The molecule has 0 aliphatic carbocycles. The number of nitrogens with zero attached hydrogens (tertiary/aromatic N) is 1. The molecule has 3 N–H and O–H groups in total. The minimum Gasteiger partial charge on any atom is -0.387 e. The average Bonchev–Trinajstić information content (AvgIpc) is 2.42. The van der Waals surface area contributed by atoms with Gasteiger partial charge in [-0.25, -0.2) is 4.99 Å². The molecule has 1 aliphatic rings. The quantitative estimate of drug-likeness (QED) is 0.689. The van der Waals surface area contributed by atoms with Crippen LogP contribution in [0.15, 0.2) is 23.2 Å². The molecule has 0 radical (unpaired) electrons. The summed E-state index contributed by atoms with van der Waals surface area (Å²) in [5, 5.41) is 3.09. The molecule has 0 amide bonds. The molecule has 1 aliphatic heterocycles. The van der Waals surface area contributed by atoms with E-state index in [-0.39, 0.29) is 0 Å². The lowest BCUT2D eigenvalue weighted by atomic mass is 10.1. The Morgan fingerprint density at radius 3 is 3.07 bits per heavy atom. The van der Waals surface area contributed by atoms with Gasteiger partial charge in [-0.2, -0.15) is 0 Å². The molecule has 14 heavy (non-hydrogen) atoms. The smallest absolute Gasteiger partial charge is 0.104 e. The first kappa shape index (κ1) is 9.15. The second-order valence-corrected chi connectivity index (χ2v) is 3.92. The number of nitrogens with one attached hydrogen (secondary N) is 1. The molecule has 0 bridgehead atoms. The molecule has 0 unspecified atom stereocenters. The fourth-order valence-electron chi connectivity index (χ4n) is 1.51. The number of benzene rings is 1. The summed E-state index contributed by atoms with van der Waals surface area (Å²) in [6, 6.07) is 5.95. The van der Waals surface area contributed by atoms with Crippen LogP contribution in [0.25, 0.3) is 0 Å². The second kappa shape index (κ2) is 3.38. The summed E-state index contributed by atoms with van der Waals surface area (Å²) in [5.74, 6) is 0.677. The van der Waals surface area contributed by atoms with Gasteiger partial charge >= 0.3 is 0 Å². The Morgan fingerprint density at radius 1 is 1.57 bits per heavy atom. The number of anilines is 1. The summed E-state index contributed by atoms with van der Waals surface area (Å²) >= 11 is 4.96. The van der Waals surface area contributed by atoms with Crippen molar-refractivity contribution in [2.45, 2.75) is 13.3 Å². The molecule has 3 nitrogen and oxygen atoms in total. The molecule has 0 atom stereocenters. The van der Waals surface area contributed by atoms with E-state index in [2.05, 4.69) is 10.3 Å². The van der Waals surface area contributed by atoms with E-state index >= 15 is 0 Å². The number of nitrogens with two attached hydrogens (primary N) is 1. The van der Waals surface area contributed by atoms with Crippen LogP contribution in [0.5, 0.6) is 0 Å². The summed E-state index contributed by atoms with van der Waals surface area (Å²) < 4.78 is 0. The van der Waals surface area contributed by atoms with Gasteiger partial charge in [0.25, 0.3) is 0 Å². The van der Waals surface area contributed by atoms with Gasteiger partial charge in [0.1, 0.15) is 5.84 Å². The molecule has 0 saturated carbocycles. The van der Waals surface area contributed by atoms with Gasteiger partial charge in [0.05, 0.1) is 10.7 Å². The Hall–Kier alpha value is -1.42. The fraction of sp³-hybridized carbons (Fsp3) is 0.200. The third-order valence-electron chi connectivity index (χ3n) is 2.04. The maximum absolute atomic E-state index is 5.64. The highest BCUT2D eigenvalue weighted by atomic mass is 32.1. The molecule has 4 heteroatoms. The van der Waals surface area contributed by atoms with Gasteiger partial charge in [0, 0.05) is 12.1 Å². The molecule has 1 heterocycles. The van der Waals surface area contributed by atoms with Gasteiger partial charge in [-0.3, -0.25) is 0 Å². The van der Waals surface area contributed by atoms with Crippen molar-refractivity contribution in [3.8, 4) is 0 Å². The van der Waals surface area contributed by atoms with E-state index in [9.17, 15) is 0 Å². The number of amidine groups is 1. The number of aliphatic imine (C=N–C) groups is 1. The summed E-state index contributed by atoms with van der Waals surface area (Å²) in [7, 11) is 0. The number of hydrogen-bond donors (Lipinski definition) is 2. The van der Waals surface area contributed by atoms with Crippen LogP contribution in [0.3, 0.4) is 0 Å². The Labute approximate surface area is 88.0 Å². The monoisotopic (exact) mass is 205 g/mol. The highest BCUT2D eigenvalue weighted by Gasteiger charge is 2.11. The second-order valence-electron chi connectivity index (χ2n) is 3.30. The van der Waals surface area contributed by atoms with E-state index in [1.165, 1.54) is 0 Å². The molecule has 2 rings (SSSR count). The van der Waals surface area contributed by atoms with E-state index < -0.39 is 0 Å². The third-order valence-corrected chi connectivity index (χ3v) is 2.14. The van der Waals surface area contributed by atoms with Crippen molar-refractivity contribution in [1.29, 1.82) is 0 Å². The first-order valence-corrected chi connectivity index (χ1v) is 4.79. The summed E-state index contributed by atoms with van der Waals surface area (Å²) in [6.07, 6.45) is 0.737. The molecule has 0 aromatic heterocycles. The zero-order valence-electron chi connectivity index (χ0n) is 7.87. The van der Waals surface area contributed by atoms with E-state index in [1.807, 2.05) is 25.1 Å². The van der Waals surface area contributed by atoms with Gasteiger partial charge in [-0.15, -0.1) is 0 Å². The predicted octanol–water partition coefficient (Wildman–Crippen LogP) is 1.99. The van der Waals surface area contributed by atoms with E-state index in [0.29, 0.717) is 5.84 Å². The van der Waals surface area contributed by atoms with Crippen molar-refractivity contribution in [2.24, 2.45) is 10.7 Å². The number of hydrogen-bond acceptors (Lipinski definition) is 3. The summed E-state index contributed by atoms with van der Waals surface area (Å²) in [6.45, 7) is 1.85.